The van der Waals surface area contributed by atoms with Crippen molar-refractivity contribution >= 4 is 40.6 Å². The van der Waals surface area contributed by atoms with Gasteiger partial charge in [0.15, 0.2) is 11.5 Å². The normalized spacial score (nSPS) is 15.2. The molecule has 2 amide bonds. The third-order valence-corrected chi connectivity index (χ3v) is 4.58. The van der Waals surface area contributed by atoms with E-state index in [-0.39, 0.29) is 11.1 Å². The Labute approximate surface area is 160 Å². The van der Waals surface area contributed by atoms with E-state index in [1.807, 2.05) is 37.3 Å². The van der Waals surface area contributed by atoms with E-state index >= 15 is 0 Å². The fourth-order valence-corrected chi connectivity index (χ4v) is 3.12. The monoisotopic (exact) mass is 389 g/mol. The minimum atomic E-state index is -0.388. The van der Waals surface area contributed by atoms with Crippen LogP contribution in [0.2, 0.25) is 5.02 Å². The van der Waals surface area contributed by atoms with E-state index in [4.69, 9.17) is 21.1 Å². The smallest absolute Gasteiger partial charge is 0.290 e. The largest absolute Gasteiger partial charge is 0.490 e. The summed E-state index contributed by atoms with van der Waals surface area (Å²) < 4.78 is 11.5. The molecule has 2 aromatic rings. The summed E-state index contributed by atoms with van der Waals surface area (Å²) in [4.78, 5) is 23.3. The van der Waals surface area contributed by atoms with Gasteiger partial charge in [-0.15, -0.1) is 0 Å². The first-order valence-corrected chi connectivity index (χ1v) is 9.13. The predicted molar refractivity (Wildman–Crippen MR) is 103 cm³/mol. The second-order valence-corrected chi connectivity index (χ2v) is 6.86. The third-order valence-electron chi connectivity index (χ3n) is 3.52. The highest BCUT2D eigenvalue weighted by atomic mass is 35.5. The van der Waals surface area contributed by atoms with Crippen LogP contribution >= 0.6 is 23.4 Å². The molecule has 1 aliphatic rings. The molecule has 134 valence electrons. The lowest BCUT2D eigenvalue weighted by Gasteiger charge is -2.13. The first-order chi connectivity index (χ1) is 12.5. The lowest BCUT2D eigenvalue weighted by molar-refractivity contribution is -0.115. The lowest BCUT2D eigenvalue weighted by atomic mass is 10.2. The molecule has 0 radical (unpaired) electrons. The summed E-state index contributed by atoms with van der Waals surface area (Å²) in [7, 11) is 0. The van der Waals surface area contributed by atoms with Gasteiger partial charge in [0.25, 0.3) is 11.1 Å². The van der Waals surface area contributed by atoms with Crippen LogP contribution in [0.4, 0.5) is 4.79 Å². The van der Waals surface area contributed by atoms with Crippen LogP contribution in [-0.4, -0.2) is 17.8 Å². The molecule has 2 aromatic carbocycles. The van der Waals surface area contributed by atoms with Gasteiger partial charge >= 0.3 is 0 Å². The summed E-state index contributed by atoms with van der Waals surface area (Å²) in [5.41, 5.74) is 1.74. The fraction of sp³-hybridized carbons (Fsp3) is 0.158. The number of benzene rings is 2. The lowest BCUT2D eigenvalue weighted by Crippen LogP contribution is -2.17. The molecule has 0 spiro atoms. The number of imide groups is 1. The molecule has 0 aromatic heterocycles. The maximum atomic E-state index is 11.7. The summed E-state index contributed by atoms with van der Waals surface area (Å²) in [5.74, 6) is 0.787. The minimum absolute atomic E-state index is 0.354. The van der Waals surface area contributed by atoms with Crippen LogP contribution in [-0.2, 0) is 11.4 Å². The zero-order valence-electron chi connectivity index (χ0n) is 14.0. The third kappa shape index (κ3) is 4.59. The quantitative estimate of drug-likeness (QED) is 0.729. The van der Waals surface area contributed by atoms with Crippen molar-refractivity contribution in [2.45, 2.75) is 13.5 Å². The summed E-state index contributed by atoms with van der Waals surface area (Å²) in [6, 6.07) is 12.8. The second-order valence-electron chi connectivity index (χ2n) is 5.41. The topological polar surface area (TPSA) is 64.6 Å². The van der Waals surface area contributed by atoms with Gasteiger partial charge in [0.1, 0.15) is 6.61 Å². The number of amides is 2. The van der Waals surface area contributed by atoms with Crippen LogP contribution in [0.1, 0.15) is 18.1 Å². The van der Waals surface area contributed by atoms with Crippen molar-refractivity contribution < 1.29 is 19.1 Å². The Hall–Kier alpha value is -2.44. The first-order valence-electron chi connectivity index (χ1n) is 7.94. The second kappa shape index (κ2) is 8.29. The van der Waals surface area contributed by atoms with Crippen molar-refractivity contribution in [1.82, 2.24) is 5.32 Å². The number of carbonyl (C=O) groups is 2. The molecule has 26 heavy (non-hydrogen) atoms. The van der Waals surface area contributed by atoms with Gasteiger partial charge in [0.2, 0.25) is 0 Å². The first kappa shape index (κ1) is 18.4. The molecule has 0 unspecified atom stereocenters. The Morgan fingerprint density at radius 1 is 1.08 bits per heavy atom. The molecule has 7 heteroatoms. The van der Waals surface area contributed by atoms with Crippen molar-refractivity contribution in [3.05, 3.63) is 63.5 Å². The van der Waals surface area contributed by atoms with Crippen LogP contribution in [0.15, 0.2) is 47.4 Å². The average molecular weight is 390 g/mol. The van der Waals surface area contributed by atoms with Gasteiger partial charge in [-0.2, -0.15) is 0 Å². The Morgan fingerprint density at radius 3 is 2.50 bits per heavy atom. The van der Waals surface area contributed by atoms with Gasteiger partial charge in [-0.05, 0) is 60.2 Å². The van der Waals surface area contributed by atoms with E-state index in [1.165, 1.54) is 0 Å². The highest BCUT2D eigenvalue weighted by Gasteiger charge is 2.25. The predicted octanol–water partition coefficient (Wildman–Crippen LogP) is 4.64. The van der Waals surface area contributed by atoms with Gasteiger partial charge in [-0.3, -0.25) is 14.9 Å². The van der Waals surface area contributed by atoms with Gasteiger partial charge in [-0.25, -0.2) is 0 Å². The van der Waals surface area contributed by atoms with Crippen molar-refractivity contribution in [3.63, 3.8) is 0 Å². The van der Waals surface area contributed by atoms with Gasteiger partial charge < -0.3 is 9.47 Å². The van der Waals surface area contributed by atoms with Crippen LogP contribution in [0.25, 0.3) is 6.08 Å². The van der Waals surface area contributed by atoms with E-state index < -0.39 is 0 Å². The summed E-state index contributed by atoms with van der Waals surface area (Å²) in [6.07, 6.45) is 1.65. The van der Waals surface area contributed by atoms with Gasteiger partial charge in [-0.1, -0.05) is 29.8 Å². The van der Waals surface area contributed by atoms with Gasteiger partial charge in [0.05, 0.1) is 11.5 Å². The molecule has 1 aliphatic heterocycles. The number of thioether (sulfide) groups is 1. The summed E-state index contributed by atoms with van der Waals surface area (Å²) in [6.45, 7) is 2.74. The molecule has 1 N–H and O–H groups in total. The van der Waals surface area contributed by atoms with E-state index in [0.717, 1.165) is 22.9 Å². The average Bonchev–Trinajstić information content (AvgIpc) is 2.93. The van der Waals surface area contributed by atoms with E-state index in [1.54, 1.807) is 18.2 Å². The Balaban J connectivity index is 1.78. The van der Waals surface area contributed by atoms with Crippen molar-refractivity contribution in [3.8, 4) is 11.5 Å². The number of hydrogen-bond donors (Lipinski definition) is 1. The summed E-state index contributed by atoms with van der Waals surface area (Å²) in [5, 5.41) is 2.54. The molecule has 0 bridgehead atoms. The minimum Gasteiger partial charge on any atom is -0.490 e. The number of rotatable bonds is 6. The number of nitrogens with one attached hydrogen (secondary N) is 1. The van der Waals surface area contributed by atoms with Crippen molar-refractivity contribution in [2.24, 2.45) is 0 Å². The number of ether oxygens (including phenoxy) is 2. The number of halogens is 1. The molecule has 5 nitrogen and oxygen atoms in total. The highest BCUT2D eigenvalue weighted by molar-refractivity contribution is 8.18. The molecule has 1 saturated heterocycles. The maximum absolute atomic E-state index is 11.7. The van der Waals surface area contributed by atoms with Crippen molar-refractivity contribution in [1.29, 1.82) is 0 Å². The standard InChI is InChI=1S/C19H16ClNO4S/c1-2-24-16-9-13(10-17-18(22)21-19(23)26-17)5-8-15(16)25-11-12-3-6-14(20)7-4-12/h3-10H,2,11H2,1H3,(H,21,22,23). The van der Waals surface area contributed by atoms with Crippen LogP contribution < -0.4 is 14.8 Å². The Morgan fingerprint density at radius 2 is 1.85 bits per heavy atom. The molecule has 0 atom stereocenters. The zero-order valence-corrected chi connectivity index (χ0v) is 15.5. The molecular weight excluding hydrogens is 374 g/mol. The molecule has 3 rings (SSSR count). The molecular formula is C19H16ClNO4S. The van der Waals surface area contributed by atoms with E-state index in [9.17, 15) is 9.59 Å². The zero-order chi connectivity index (χ0) is 18.5. The number of hydrogen-bond acceptors (Lipinski definition) is 5. The Bertz CT molecular complexity index is 864. The van der Waals surface area contributed by atoms with Crippen molar-refractivity contribution in [2.75, 3.05) is 6.61 Å². The molecule has 0 saturated carbocycles. The highest BCUT2D eigenvalue weighted by Crippen LogP contribution is 2.32. The van der Waals surface area contributed by atoms with Crippen LogP contribution in [0.3, 0.4) is 0 Å². The Kier molecular flexibility index (Phi) is 5.85. The number of carbonyl (C=O) groups excluding carboxylic acids is 2. The fourth-order valence-electron chi connectivity index (χ4n) is 2.32. The SMILES string of the molecule is CCOc1cc(C=C2SC(=O)NC2=O)ccc1OCc1ccc(Cl)cc1. The maximum Gasteiger partial charge on any atom is 0.290 e. The summed E-state index contributed by atoms with van der Waals surface area (Å²) >= 11 is 6.76. The van der Waals surface area contributed by atoms with Gasteiger partial charge in [0, 0.05) is 5.02 Å². The van der Waals surface area contributed by atoms with E-state index in [0.29, 0.717) is 34.6 Å². The van der Waals surface area contributed by atoms with Crippen LogP contribution in [0, 0.1) is 0 Å². The van der Waals surface area contributed by atoms with E-state index in [2.05, 4.69) is 5.32 Å². The molecule has 1 fully saturated rings. The molecule has 1 heterocycles. The van der Waals surface area contributed by atoms with Crippen LogP contribution in [0.5, 0.6) is 11.5 Å². The molecule has 0 aliphatic carbocycles.